The molecule has 3 aromatic carbocycles. The van der Waals surface area contributed by atoms with Gasteiger partial charge in [0, 0.05) is 30.9 Å². The molecule has 0 atom stereocenters. The van der Waals surface area contributed by atoms with Crippen molar-refractivity contribution >= 4 is 5.69 Å². The third kappa shape index (κ3) is 3.24. The highest BCUT2D eigenvalue weighted by Crippen LogP contribution is 2.29. The Labute approximate surface area is 153 Å². The molecule has 0 bridgehead atoms. The van der Waals surface area contributed by atoms with E-state index >= 15 is 0 Å². The van der Waals surface area contributed by atoms with Crippen molar-refractivity contribution in [2.24, 2.45) is 0 Å². The molecule has 0 aliphatic carbocycles. The van der Waals surface area contributed by atoms with Crippen LogP contribution in [0.25, 0.3) is 33.9 Å². The molecule has 4 rings (SSSR count). The molecule has 0 radical (unpaired) electrons. The normalized spacial score (nSPS) is 10.7. The second kappa shape index (κ2) is 6.89. The summed E-state index contributed by atoms with van der Waals surface area (Å²) in [6, 6.07) is 26.9. The molecule has 0 amide bonds. The van der Waals surface area contributed by atoms with Crippen LogP contribution in [0.4, 0.5) is 5.69 Å². The largest absolute Gasteiger partial charge is 0.436 e. The topological polar surface area (TPSA) is 29.3 Å². The maximum Gasteiger partial charge on any atom is 0.226 e. The Morgan fingerprint density at radius 1 is 0.654 bits per heavy atom. The lowest BCUT2D eigenvalue weighted by Crippen LogP contribution is -2.07. The molecule has 3 nitrogen and oxygen atoms in total. The SMILES string of the molecule is CN(C)c1ccc(-c2ncc(-c3ccc(-c4ccccc4)cc3)o2)cc1. The molecule has 0 saturated carbocycles. The monoisotopic (exact) mass is 340 g/mol. The van der Waals surface area contributed by atoms with Crippen LogP contribution in [-0.4, -0.2) is 19.1 Å². The van der Waals surface area contributed by atoms with Crippen molar-refractivity contribution in [2.75, 3.05) is 19.0 Å². The quantitative estimate of drug-likeness (QED) is 0.474. The fourth-order valence-corrected chi connectivity index (χ4v) is 2.90. The molecule has 0 saturated heterocycles. The first-order valence-electron chi connectivity index (χ1n) is 8.60. The van der Waals surface area contributed by atoms with Crippen LogP contribution in [0.15, 0.2) is 89.5 Å². The van der Waals surface area contributed by atoms with E-state index in [-0.39, 0.29) is 0 Å². The van der Waals surface area contributed by atoms with Crippen molar-refractivity contribution in [3.8, 4) is 33.9 Å². The second-order valence-electron chi connectivity index (χ2n) is 6.41. The van der Waals surface area contributed by atoms with Crippen molar-refractivity contribution in [1.29, 1.82) is 0 Å². The van der Waals surface area contributed by atoms with Crippen molar-refractivity contribution in [3.63, 3.8) is 0 Å². The molecule has 26 heavy (non-hydrogen) atoms. The Morgan fingerprint density at radius 3 is 1.88 bits per heavy atom. The number of nitrogens with zero attached hydrogens (tertiary/aromatic N) is 2. The molecule has 0 N–H and O–H groups in total. The molecule has 1 aromatic heterocycles. The van der Waals surface area contributed by atoms with E-state index in [4.69, 9.17) is 4.42 Å². The number of hydrogen-bond donors (Lipinski definition) is 0. The van der Waals surface area contributed by atoms with Gasteiger partial charge in [0.05, 0.1) is 6.20 Å². The van der Waals surface area contributed by atoms with Crippen LogP contribution in [0.3, 0.4) is 0 Å². The first-order valence-corrected chi connectivity index (χ1v) is 8.60. The smallest absolute Gasteiger partial charge is 0.226 e. The van der Waals surface area contributed by atoms with Crippen molar-refractivity contribution < 1.29 is 4.42 Å². The zero-order valence-electron chi connectivity index (χ0n) is 14.9. The van der Waals surface area contributed by atoms with Crippen LogP contribution < -0.4 is 4.90 Å². The summed E-state index contributed by atoms with van der Waals surface area (Å²) >= 11 is 0. The molecule has 0 aliphatic heterocycles. The minimum atomic E-state index is 0.637. The zero-order valence-corrected chi connectivity index (χ0v) is 14.9. The average Bonchev–Trinajstić information content (AvgIpc) is 3.19. The number of rotatable bonds is 4. The summed E-state index contributed by atoms with van der Waals surface area (Å²) in [5.41, 5.74) is 5.54. The molecular formula is C23H20N2O. The molecule has 0 aliphatic rings. The number of hydrogen-bond acceptors (Lipinski definition) is 3. The van der Waals surface area contributed by atoms with E-state index in [0.717, 1.165) is 22.6 Å². The molecule has 1 heterocycles. The Morgan fingerprint density at radius 2 is 1.23 bits per heavy atom. The van der Waals surface area contributed by atoms with Gasteiger partial charge in [0.1, 0.15) is 0 Å². The summed E-state index contributed by atoms with van der Waals surface area (Å²) in [4.78, 5) is 6.51. The summed E-state index contributed by atoms with van der Waals surface area (Å²) < 4.78 is 5.98. The summed E-state index contributed by atoms with van der Waals surface area (Å²) in [5, 5.41) is 0. The molecule has 128 valence electrons. The van der Waals surface area contributed by atoms with E-state index < -0.39 is 0 Å². The van der Waals surface area contributed by atoms with Gasteiger partial charge in [-0.1, -0.05) is 54.6 Å². The average molecular weight is 340 g/mol. The van der Waals surface area contributed by atoms with Crippen molar-refractivity contribution in [2.45, 2.75) is 0 Å². The third-order valence-electron chi connectivity index (χ3n) is 4.41. The van der Waals surface area contributed by atoms with Gasteiger partial charge in [-0.05, 0) is 35.4 Å². The maximum atomic E-state index is 5.98. The summed E-state index contributed by atoms with van der Waals surface area (Å²) in [6.45, 7) is 0. The summed E-state index contributed by atoms with van der Waals surface area (Å²) in [6.07, 6.45) is 1.78. The highest BCUT2D eigenvalue weighted by atomic mass is 16.4. The summed E-state index contributed by atoms with van der Waals surface area (Å²) in [5.74, 6) is 1.41. The van der Waals surface area contributed by atoms with Gasteiger partial charge in [0.15, 0.2) is 5.76 Å². The highest BCUT2D eigenvalue weighted by Gasteiger charge is 2.09. The van der Waals surface area contributed by atoms with Crippen molar-refractivity contribution in [3.05, 3.63) is 85.1 Å². The molecule has 0 spiro atoms. The van der Waals surface area contributed by atoms with Crippen LogP contribution in [0.1, 0.15) is 0 Å². The fourth-order valence-electron chi connectivity index (χ4n) is 2.90. The van der Waals surface area contributed by atoms with Gasteiger partial charge in [-0.3, -0.25) is 0 Å². The third-order valence-corrected chi connectivity index (χ3v) is 4.41. The lowest BCUT2D eigenvalue weighted by atomic mass is 10.0. The first kappa shape index (κ1) is 16.2. The van der Waals surface area contributed by atoms with Crippen molar-refractivity contribution in [1.82, 2.24) is 4.98 Å². The first-order chi connectivity index (χ1) is 12.7. The lowest BCUT2D eigenvalue weighted by molar-refractivity contribution is 0.589. The maximum absolute atomic E-state index is 5.98. The van der Waals surface area contributed by atoms with Gasteiger partial charge in [0.2, 0.25) is 5.89 Å². The van der Waals surface area contributed by atoms with Gasteiger partial charge < -0.3 is 9.32 Å². The minimum Gasteiger partial charge on any atom is -0.436 e. The molecule has 4 aromatic rings. The van der Waals surface area contributed by atoms with Gasteiger partial charge in [-0.25, -0.2) is 4.98 Å². The predicted molar refractivity (Wildman–Crippen MR) is 107 cm³/mol. The molecule has 0 fully saturated rings. The van der Waals surface area contributed by atoms with E-state index in [2.05, 4.69) is 58.4 Å². The molecular weight excluding hydrogens is 320 g/mol. The second-order valence-corrected chi connectivity index (χ2v) is 6.41. The van der Waals surface area contributed by atoms with Crippen LogP contribution in [-0.2, 0) is 0 Å². The van der Waals surface area contributed by atoms with Crippen LogP contribution >= 0.6 is 0 Å². The van der Waals surface area contributed by atoms with Crippen LogP contribution in [0.2, 0.25) is 0 Å². The number of benzene rings is 3. The molecule has 0 unspecified atom stereocenters. The zero-order chi connectivity index (χ0) is 17.9. The van der Waals surface area contributed by atoms with Crippen LogP contribution in [0, 0.1) is 0 Å². The van der Waals surface area contributed by atoms with Gasteiger partial charge in [-0.2, -0.15) is 0 Å². The minimum absolute atomic E-state index is 0.637. The van der Waals surface area contributed by atoms with E-state index in [1.807, 2.05) is 44.4 Å². The van der Waals surface area contributed by atoms with E-state index in [1.165, 1.54) is 11.1 Å². The van der Waals surface area contributed by atoms with E-state index in [1.54, 1.807) is 6.20 Å². The molecule has 3 heteroatoms. The van der Waals surface area contributed by atoms with Gasteiger partial charge >= 0.3 is 0 Å². The van der Waals surface area contributed by atoms with Gasteiger partial charge in [-0.15, -0.1) is 0 Å². The van der Waals surface area contributed by atoms with Crippen LogP contribution in [0.5, 0.6) is 0 Å². The fraction of sp³-hybridized carbons (Fsp3) is 0.0870. The predicted octanol–water partition coefficient (Wildman–Crippen LogP) is 5.74. The van der Waals surface area contributed by atoms with E-state index in [0.29, 0.717) is 5.89 Å². The number of anilines is 1. The Hall–Kier alpha value is -3.33. The number of aromatic nitrogens is 1. The Bertz CT molecular complexity index is 985. The highest BCUT2D eigenvalue weighted by molar-refractivity contribution is 5.69. The standard InChI is InChI=1S/C23H20N2O/c1-25(2)21-14-12-20(13-15-21)23-24-16-22(26-23)19-10-8-18(9-11-19)17-6-4-3-5-7-17/h3-16H,1-2H3. The number of oxazole rings is 1. The van der Waals surface area contributed by atoms with Gasteiger partial charge in [0.25, 0.3) is 0 Å². The van der Waals surface area contributed by atoms with E-state index in [9.17, 15) is 0 Å². The Kier molecular flexibility index (Phi) is 4.28. The Balaban J connectivity index is 1.58. The lowest BCUT2D eigenvalue weighted by Gasteiger charge is -2.11. The summed E-state index contributed by atoms with van der Waals surface area (Å²) in [7, 11) is 4.05.